The van der Waals surface area contributed by atoms with E-state index in [-0.39, 0.29) is 0 Å². The molecule has 0 saturated carbocycles. The number of rotatable bonds is 3. The predicted octanol–water partition coefficient (Wildman–Crippen LogP) is 6.24. The lowest BCUT2D eigenvalue weighted by Crippen LogP contribution is -2.00. The number of anilines is 1. The van der Waals surface area contributed by atoms with E-state index in [4.69, 9.17) is 11.6 Å². The molecule has 0 aliphatic heterocycles. The molecule has 0 bridgehead atoms. The van der Waals surface area contributed by atoms with Crippen LogP contribution in [0.2, 0.25) is 5.02 Å². The molecule has 0 atom stereocenters. The normalized spacial score (nSPS) is 10.4. The zero-order valence-corrected chi connectivity index (χ0v) is 14.7. The Morgan fingerprint density at radius 2 is 1.67 bits per heavy atom. The number of benzene rings is 2. The van der Waals surface area contributed by atoms with Gasteiger partial charge in [0, 0.05) is 30.7 Å². The van der Waals surface area contributed by atoms with Crippen molar-refractivity contribution in [2.75, 3.05) is 5.32 Å². The summed E-state index contributed by atoms with van der Waals surface area (Å²) in [5.74, 6) is 0. The summed E-state index contributed by atoms with van der Waals surface area (Å²) in [6, 6.07) is 11.9. The van der Waals surface area contributed by atoms with Crippen LogP contribution in [0.5, 0.6) is 0 Å². The second-order valence-corrected chi connectivity index (χ2v) is 6.73. The molecular formula is C13H9Br3ClN. The smallest absolute Gasteiger partial charge is 0.0488 e. The van der Waals surface area contributed by atoms with Crippen molar-refractivity contribution in [1.82, 2.24) is 0 Å². The summed E-state index contributed by atoms with van der Waals surface area (Å²) in [7, 11) is 0. The maximum Gasteiger partial charge on any atom is 0.0488 e. The summed E-state index contributed by atoms with van der Waals surface area (Å²) < 4.78 is 3.07. The molecule has 1 N–H and O–H groups in total. The minimum atomic E-state index is 0.721. The molecule has 5 heteroatoms. The molecule has 94 valence electrons. The van der Waals surface area contributed by atoms with Crippen molar-refractivity contribution in [3.05, 3.63) is 60.4 Å². The van der Waals surface area contributed by atoms with Gasteiger partial charge in [-0.3, -0.25) is 0 Å². The molecule has 0 aliphatic carbocycles. The van der Waals surface area contributed by atoms with Gasteiger partial charge in [-0.1, -0.05) is 17.7 Å². The van der Waals surface area contributed by atoms with Crippen molar-refractivity contribution in [3.8, 4) is 0 Å². The first-order valence-electron chi connectivity index (χ1n) is 5.19. The molecular weight excluding hydrogens is 445 g/mol. The van der Waals surface area contributed by atoms with Gasteiger partial charge in [-0.15, -0.1) is 0 Å². The first kappa shape index (κ1) is 14.4. The fourth-order valence-corrected chi connectivity index (χ4v) is 2.98. The van der Waals surface area contributed by atoms with Gasteiger partial charge in [0.05, 0.1) is 0 Å². The third kappa shape index (κ3) is 3.73. The lowest BCUT2D eigenvalue weighted by molar-refractivity contribution is 1.14. The molecule has 0 fully saturated rings. The summed E-state index contributed by atoms with van der Waals surface area (Å²) in [5, 5.41) is 4.08. The van der Waals surface area contributed by atoms with Crippen molar-refractivity contribution >= 4 is 65.1 Å². The Labute approximate surface area is 136 Å². The molecule has 0 unspecified atom stereocenters. The third-order valence-corrected chi connectivity index (χ3v) is 5.17. The van der Waals surface area contributed by atoms with E-state index < -0.39 is 0 Å². The molecule has 2 aromatic carbocycles. The van der Waals surface area contributed by atoms with Gasteiger partial charge in [0.2, 0.25) is 0 Å². The quantitative estimate of drug-likeness (QED) is 0.579. The highest BCUT2D eigenvalue weighted by Crippen LogP contribution is 2.27. The van der Waals surface area contributed by atoms with Crippen LogP contribution < -0.4 is 5.32 Å². The van der Waals surface area contributed by atoms with Crippen molar-refractivity contribution in [1.29, 1.82) is 0 Å². The highest BCUT2D eigenvalue weighted by Gasteiger charge is 2.02. The monoisotopic (exact) mass is 451 g/mol. The molecule has 0 aliphatic rings. The molecule has 0 spiro atoms. The summed E-state index contributed by atoms with van der Waals surface area (Å²) >= 11 is 16.3. The van der Waals surface area contributed by atoms with Crippen molar-refractivity contribution in [3.63, 3.8) is 0 Å². The zero-order valence-electron chi connectivity index (χ0n) is 9.18. The van der Waals surface area contributed by atoms with E-state index in [1.54, 1.807) is 0 Å². The molecule has 0 aromatic heterocycles. The SMILES string of the molecule is Clc1ccc(NCc2ccc(Br)c(Br)c2)c(Br)c1. The van der Waals surface area contributed by atoms with E-state index >= 15 is 0 Å². The average Bonchev–Trinajstić information content (AvgIpc) is 2.32. The van der Waals surface area contributed by atoms with Crippen LogP contribution in [0.15, 0.2) is 49.8 Å². The molecule has 0 saturated heterocycles. The Kier molecular flexibility index (Phi) is 5.13. The standard InChI is InChI=1S/C13H9Br3ClN/c14-10-3-1-8(5-11(10)15)7-18-13-4-2-9(17)6-12(13)16/h1-6,18H,7H2. The highest BCUT2D eigenvalue weighted by atomic mass is 79.9. The second-order valence-electron chi connectivity index (χ2n) is 3.73. The number of hydrogen-bond donors (Lipinski definition) is 1. The summed E-state index contributed by atoms with van der Waals surface area (Å²) in [6.07, 6.45) is 0. The van der Waals surface area contributed by atoms with Gasteiger partial charge in [-0.2, -0.15) is 0 Å². The van der Waals surface area contributed by atoms with Crippen LogP contribution in [-0.2, 0) is 6.54 Å². The number of nitrogens with one attached hydrogen (secondary N) is 1. The van der Waals surface area contributed by atoms with Crippen LogP contribution in [-0.4, -0.2) is 0 Å². The average molecular weight is 454 g/mol. The minimum absolute atomic E-state index is 0.721. The van der Waals surface area contributed by atoms with E-state index in [1.165, 1.54) is 5.56 Å². The van der Waals surface area contributed by atoms with E-state index in [0.29, 0.717) is 0 Å². The number of hydrogen-bond acceptors (Lipinski definition) is 1. The maximum absolute atomic E-state index is 5.90. The Morgan fingerprint density at radius 3 is 2.33 bits per heavy atom. The van der Waals surface area contributed by atoms with E-state index in [2.05, 4.69) is 65.2 Å². The fourth-order valence-electron chi connectivity index (χ4n) is 1.48. The van der Waals surface area contributed by atoms with Gasteiger partial charge in [-0.05, 0) is 83.7 Å². The van der Waals surface area contributed by atoms with Gasteiger partial charge in [0.25, 0.3) is 0 Å². The first-order chi connectivity index (χ1) is 8.56. The highest BCUT2D eigenvalue weighted by molar-refractivity contribution is 9.13. The third-order valence-electron chi connectivity index (χ3n) is 2.40. The largest absolute Gasteiger partial charge is 0.380 e. The summed E-state index contributed by atoms with van der Waals surface area (Å²) in [6.45, 7) is 0.756. The Morgan fingerprint density at radius 1 is 0.889 bits per heavy atom. The van der Waals surface area contributed by atoms with E-state index in [0.717, 1.165) is 30.7 Å². The Balaban J connectivity index is 2.09. The van der Waals surface area contributed by atoms with E-state index in [9.17, 15) is 0 Å². The molecule has 2 aromatic rings. The maximum atomic E-state index is 5.90. The topological polar surface area (TPSA) is 12.0 Å². The first-order valence-corrected chi connectivity index (χ1v) is 7.95. The van der Waals surface area contributed by atoms with Crippen LogP contribution in [0.25, 0.3) is 0 Å². The molecule has 0 radical (unpaired) electrons. The molecule has 0 heterocycles. The summed E-state index contributed by atoms with van der Waals surface area (Å²) in [5.41, 5.74) is 2.23. The van der Waals surface area contributed by atoms with Gasteiger partial charge in [0.1, 0.15) is 0 Å². The van der Waals surface area contributed by atoms with Gasteiger partial charge in [-0.25, -0.2) is 0 Å². The molecule has 1 nitrogen and oxygen atoms in total. The fraction of sp³-hybridized carbons (Fsp3) is 0.0769. The van der Waals surface area contributed by atoms with Crippen molar-refractivity contribution in [2.24, 2.45) is 0 Å². The number of halogens is 4. The van der Waals surface area contributed by atoms with Gasteiger partial charge >= 0.3 is 0 Å². The van der Waals surface area contributed by atoms with Crippen molar-refractivity contribution in [2.45, 2.75) is 6.54 Å². The van der Waals surface area contributed by atoms with Gasteiger partial charge in [0.15, 0.2) is 0 Å². The molecule has 18 heavy (non-hydrogen) atoms. The molecule has 0 amide bonds. The van der Waals surface area contributed by atoms with Crippen LogP contribution in [0.4, 0.5) is 5.69 Å². The van der Waals surface area contributed by atoms with Crippen LogP contribution in [0.3, 0.4) is 0 Å². The summed E-state index contributed by atoms with van der Waals surface area (Å²) in [4.78, 5) is 0. The Hall–Kier alpha value is -0.0300. The van der Waals surface area contributed by atoms with Crippen molar-refractivity contribution < 1.29 is 0 Å². The van der Waals surface area contributed by atoms with Gasteiger partial charge < -0.3 is 5.32 Å². The predicted molar refractivity (Wildman–Crippen MR) is 88.3 cm³/mol. The lowest BCUT2D eigenvalue weighted by Gasteiger charge is -2.09. The van der Waals surface area contributed by atoms with E-state index in [1.807, 2.05) is 24.3 Å². The lowest BCUT2D eigenvalue weighted by atomic mass is 10.2. The van der Waals surface area contributed by atoms with Crippen LogP contribution in [0.1, 0.15) is 5.56 Å². The molecule has 2 rings (SSSR count). The second kappa shape index (κ2) is 6.42. The van der Waals surface area contributed by atoms with Crippen LogP contribution >= 0.6 is 59.4 Å². The Bertz CT molecular complexity index is 572. The minimum Gasteiger partial charge on any atom is -0.380 e. The van der Waals surface area contributed by atoms with Crippen LogP contribution in [0, 0.1) is 0 Å². The zero-order chi connectivity index (χ0) is 13.1.